The zero-order chi connectivity index (χ0) is 21.1. The molecule has 0 saturated heterocycles. The van der Waals surface area contributed by atoms with Crippen molar-refractivity contribution < 1.29 is 29.3 Å². The number of esters is 1. The lowest BCUT2D eigenvalue weighted by Crippen LogP contribution is -2.18. The maximum atomic E-state index is 12.6. The second kappa shape index (κ2) is 7.94. The Morgan fingerprint density at radius 3 is 2.52 bits per heavy atom. The van der Waals surface area contributed by atoms with Crippen LogP contribution in [0, 0.1) is 0 Å². The van der Waals surface area contributed by atoms with Crippen molar-refractivity contribution in [3.8, 4) is 16.5 Å². The molecule has 11 heteroatoms. The minimum atomic E-state index is -1.26. The number of amides is 1. The van der Waals surface area contributed by atoms with E-state index in [1.54, 1.807) is 5.38 Å². The van der Waals surface area contributed by atoms with Crippen molar-refractivity contribution in [2.75, 3.05) is 12.4 Å². The molecule has 4 N–H and O–H groups in total. The molecule has 3 aromatic rings. The Kier molecular flexibility index (Phi) is 5.41. The second-order valence-corrected chi connectivity index (χ2v) is 6.49. The van der Waals surface area contributed by atoms with Gasteiger partial charge in [-0.3, -0.25) is 9.59 Å². The number of anilines is 1. The molecule has 0 atom stereocenters. The summed E-state index contributed by atoms with van der Waals surface area (Å²) in [6.45, 7) is 0. The van der Waals surface area contributed by atoms with E-state index < -0.39 is 34.8 Å². The number of aromatic carboxylic acids is 1. The first-order valence-corrected chi connectivity index (χ1v) is 8.84. The first kappa shape index (κ1) is 19.8. The van der Waals surface area contributed by atoms with Crippen molar-refractivity contribution in [1.82, 2.24) is 9.97 Å². The van der Waals surface area contributed by atoms with E-state index in [0.717, 1.165) is 18.4 Å². The lowest BCUT2D eigenvalue weighted by atomic mass is 10.1. The van der Waals surface area contributed by atoms with E-state index in [1.807, 2.05) is 0 Å². The number of aromatic amines is 1. The summed E-state index contributed by atoms with van der Waals surface area (Å²) in [5, 5.41) is 23.1. The van der Waals surface area contributed by atoms with Gasteiger partial charge in [-0.1, -0.05) is 12.1 Å². The van der Waals surface area contributed by atoms with Gasteiger partial charge in [-0.2, -0.15) is 0 Å². The van der Waals surface area contributed by atoms with Crippen molar-refractivity contribution in [3.05, 3.63) is 62.9 Å². The van der Waals surface area contributed by atoms with E-state index in [0.29, 0.717) is 0 Å². The quantitative estimate of drug-likeness (QED) is 0.460. The Bertz CT molecular complexity index is 1180. The number of hydrogen-bond acceptors (Lipinski definition) is 8. The van der Waals surface area contributed by atoms with Crippen molar-refractivity contribution in [3.63, 3.8) is 0 Å². The highest BCUT2D eigenvalue weighted by molar-refractivity contribution is 7.14. The maximum absolute atomic E-state index is 12.6. The van der Waals surface area contributed by atoms with Gasteiger partial charge in [0.15, 0.2) is 11.5 Å². The van der Waals surface area contributed by atoms with Crippen LogP contribution in [0.25, 0.3) is 10.7 Å². The van der Waals surface area contributed by atoms with Crippen molar-refractivity contribution >= 4 is 34.9 Å². The highest BCUT2D eigenvalue weighted by atomic mass is 32.1. The molecule has 0 aliphatic heterocycles. The highest BCUT2D eigenvalue weighted by Crippen LogP contribution is 2.32. The number of benzene rings is 1. The highest BCUT2D eigenvalue weighted by Gasteiger charge is 2.22. The van der Waals surface area contributed by atoms with Crippen LogP contribution >= 0.6 is 11.3 Å². The first-order chi connectivity index (χ1) is 13.8. The normalized spacial score (nSPS) is 10.4. The molecule has 0 bridgehead atoms. The number of carboxylic acid groups (broad SMARTS) is 1. The zero-order valence-corrected chi connectivity index (χ0v) is 15.6. The topological polar surface area (TPSA) is 159 Å². The van der Waals surface area contributed by atoms with Gasteiger partial charge in [-0.05, 0) is 23.6 Å². The molecule has 3 rings (SSSR count). The van der Waals surface area contributed by atoms with Crippen LogP contribution < -0.4 is 10.9 Å². The van der Waals surface area contributed by atoms with Crippen LogP contribution in [0.5, 0.6) is 5.75 Å². The first-order valence-electron chi connectivity index (χ1n) is 7.96. The van der Waals surface area contributed by atoms with Gasteiger partial charge in [-0.15, -0.1) is 11.3 Å². The van der Waals surface area contributed by atoms with Crippen LogP contribution in [-0.4, -0.2) is 45.1 Å². The molecule has 0 unspecified atom stereocenters. The van der Waals surface area contributed by atoms with Crippen molar-refractivity contribution in [2.45, 2.75) is 0 Å². The summed E-state index contributed by atoms with van der Waals surface area (Å²) in [7, 11) is 1.07. The van der Waals surface area contributed by atoms with Crippen LogP contribution in [0.15, 0.2) is 40.5 Å². The maximum Gasteiger partial charge on any atom is 0.360 e. The third-order valence-electron chi connectivity index (χ3n) is 3.80. The summed E-state index contributed by atoms with van der Waals surface area (Å²) >= 11 is 1.10. The number of nitrogens with zero attached hydrogens (tertiary/aromatic N) is 1. The minimum absolute atomic E-state index is 0.0560. The Hall–Kier alpha value is -3.99. The Morgan fingerprint density at radius 1 is 1.17 bits per heavy atom. The van der Waals surface area contributed by atoms with E-state index in [1.165, 1.54) is 30.3 Å². The standard InChI is InChI=1S/C18H13N3O7S/c1-28-18(27)11-12(22)16(24)21-14(20-11)13-10(6-7-29-13)19-15(23)8-4-2-3-5-9(8)17(25)26/h2-7,22H,1H3,(H,19,23)(H,25,26)(H,20,21,24). The fraction of sp³-hybridized carbons (Fsp3) is 0.0556. The van der Waals surface area contributed by atoms with Crippen LogP contribution in [0.1, 0.15) is 31.2 Å². The molecular formula is C18H13N3O7S. The predicted octanol–water partition coefficient (Wildman–Crippen LogP) is 1.94. The van der Waals surface area contributed by atoms with Gasteiger partial charge in [0.2, 0.25) is 5.75 Å². The SMILES string of the molecule is COC(=O)c1nc(-c2sccc2NC(=O)c2ccccc2C(=O)O)[nH]c(=O)c1O. The molecule has 0 fully saturated rings. The average molecular weight is 415 g/mol. The molecule has 1 amide bonds. The van der Waals surface area contributed by atoms with Crippen molar-refractivity contribution in [2.24, 2.45) is 0 Å². The smallest absolute Gasteiger partial charge is 0.360 e. The number of nitrogens with one attached hydrogen (secondary N) is 2. The number of carboxylic acids is 1. The van der Waals surface area contributed by atoms with Crippen LogP contribution in [0.4, 0.5) is 5.69 Å². The summed E-state index contributed by atoms with van der Waals surface area (Å²) in [6.07, 6.45) is 0. The minimum Gasteiger partial charge on any atom is -0.501 e. The van der Waals surface area contributed by atoms with Crippen LogP contribution in [0.3, 0.4) is 0 Å². The molecule has 148 valence electrons. The van der Waals surface area contributed by atoms with Gasteiger partial charge in [0.1, 0.15) is 0 Å². The molecule has 2 aromatic heterocycles. The Balaban J connectivity index is 2.00. The third-order valence-corrected chi connectivity index (χ3v) is 4.73. The van der Waals surface area contributed by atoms with E-state index in [-0.39, 0.29) is 27.5 Å². The van der Waals surface area contributed by atoms with Gasteiger partial charge in [-0.25, -0.2) is 14.6 Å². The predicted molar refractivity (Wildman–Crippen MR) is 103 cm³/mol. The number of carbonyl (C=O) groups is 3. The lowest BCUT2D eigenvalue weighted by molar-refractivity contribution is 0.0589. The summed E-state index contributed by atoms with van der Waals surface area (Å²) in [5.41, 5.74) is -1.54. The summed E-state index contributed by atoms with van der Waals surface area (Å²) in [5.74, 6) is -3.92. The van der Waals surface area contributed by atoms with E-state index in [2.05, 4.69) is 20.0 Å². The molecule has 29 heavy (non-hydrogen) atoms. The summed E-state index contributed by atoms with van der Waals surface area (Å²) in [4.78, 5) is 54.1. The number of aromatic nitrogens is 2. The molecular weight excluding hydrogens is 402 g/mol. The number of hydrogen-bond donors (Lipinski definition) is 4. The number of ether oxygens (including phenoxy) is 1. The van der Waals surface area contributed by atoms with Gasteiger partial charge >= 0.3 is 11.9 Å². The number of thiophene rings is 1. The van der Waals surface area contributed by atoms with E-state index in [4.69, 9.17) is 0 Å². The van der Waals surface area contributed by atoms with E-state index >= 15 is 0 Å². The van der Waals surface area contributed by atoms with E-state index in [9.17, 15) is 29.4 Å². The van der Waals surface area contributed by atoms with Crippen LogP contribution in [0.2, 0.25) is 0 Å². The Labute approximate surface area is 166 Å². The number of rotatable bonds is 5. The van der Waals surface area contributed by atoms with Gasteiger partial charge in [0, 0.05) is 0 Å². The van der Waals surface area contributed by atoms with Crippen LogP contribution in [-0.2, 0) is 4.74 Å². The van der Waals surface area contributed by atoms with Gasteiger partial charge < -0.3 is 25.3 Å². The lowest BCUT2D eigenvalue weighted by Gasteiger charge is -2.09. The average Bonchev–Trinajstić information content (AvgIpc) is 3.17. The molecule has 0 saturated carbocycles. The second-order valence-electron chi connectivity index (χ2n) is 5.57. The fourth-order valence-corrected chi connectivity index (χ4v) is 3.26. The molecule has 0 radical (unpaired) electrons. The Morgan fingerprint density at radius 2 is 1.86 bits per heavy atom. The summed E-state index contributed by atoms with van der Waals surface area (Å²) in [6, 6.07) is 7.20. The number of H-pyrrole nitrogens is 1. The zero-order valence-electron chi connectivity index (χ0n) is 14.8. The molecule has 0 aliphatic rings. The largest absolute Gasteiger partial charge is 0.501 e. The molecule has 0 spiro atoms. The monoisotopic (exact) mass is 415 g/mol. The van der Waals surface area contributed by atoms with Gasteiger partial charge in [0.05, 0.1) is 28.8 Å². The fourth-order valence-electron chi connectivity index (χ4n) is 2.46. The number of methoxy groups -OCH3 is 1. The molecule has 1 aromatic carbocycles. The van der Waals surface area contributed by atoms with Crippen molar-refractivity contribution in [1.29, 1.82) is 0 Å². The number of carbonyl (C=O) groups excluding carboxylic acids is 2. The summed E-state index contributed by atoms with van der Waals surface area (Å²) < 4.78 is 4.50. The molecule has 0 aliphatic carbocycles. The number of aromatic hydroxyl groups is 1. The van der Waals surface area contributed by atoms with Gasteiger partial charge in [0.25, 0.3) is 11.5 Å². The third kappa shape index (κ3) is 3.84. The molecule has 2 heterocycles. The molecule has 10 nitrogen and oxygen atoms in total.